The first-order valence-corrected chi connectivity index (χ1v) is 9.05. The summed E-state index contributed by atoms with van der Waals surface area (Å²) >= 11 is 1.57. The van der Waals surface area contributed by atoms with E-state index in [1.165, 1.54) is 6.07 Å². The quantitative estimate of drug-likeness (QED) is 0.435. The molecule has 0 heterocycles. The van der Waals surface area contributed by atoms with Crippen LogP contribution in [-0.4, -0.2) is 30.8 Å². The number of halogens is 3. The monoisotopic (exact) mass is 397 g/mol. The standard InChI is InChI=1S/C19H18F3NO3S/c1-13-5-7-16(8-6-13)27-10-9-23-17(24)12-26-18(25)14-3-2-4-15(11-14)19(20,21)22/h2-8,11H,9-10,12H2,1H3,(H,23,24). The van der Waals surface area contributed by atoms with Crippen molar-refractivity contribution in [3.63, 3.8) is 0 Å². The van der Waals surface area contributed by atoms with Crippen molar-refractivity contribution < 1.29 is 27.5 Å². The number of benzene rings is 2. The van der Waals surface area contributed by atoms with Crippen molar-refractivity contribution in [2.45, 2.75) is 18.0 Å². The third-order valence-corrected chi connectivity index (χ3v) is 4.49. The molecule has 2 rings (SSSR count). The molecule has 2 aromatic rings. The fourth-order valence-electron chi connectivity index (χ4n) is 2.08. The number of nitrogens with one attached hydrogen (secondary N) is 1. The largest absolute Gasteiger partial charge is 0.452 e. The van der Waals surface area contributed by atoms with Crippen LogP contribution < -0.4 is 5.32 Å². The fraction of sp³-hybridized carbons (Fsp3) is 0.263. The topological polar surface area (TPSA) is 55.4 Å². The lowest BCUT2D eigenvalue weighted by Gasteiger charge is -2.09. The Hall–Kier alpha value is -2.48. The zero-order valence-electron chi connectivity index (χ0n) is 14.5. The van der Waals surface area contributed by atoms with Gasteiger partial charge in [-0.2, -0.15) is 13.2 Å². The molecule has 0 fully saturated rings. The predicted octanol–water partition coefficient (Wildman–Crippen LogP) is 4.08. The molecular formula is C19H18F3NO3S. The zero-order valence-corrected chi connectivity index (χ0v) is 15.3. The summed E-state index contributed by atoms with van der Waals surface area (Å²) < 4.78 is 42.7. The van der Waals surface area contributed by atoms with E-state index >= 15 is 0 Å². The van der Waals surface area contributed by atoms with Crippen LogP contribution in [-0.2, 0) is 15.7 Å². The lowest BCUT2D eigenvalue weighted by molar-refractivity contribution is -0.137. The lowest BCUT2D eigenvalue weighted by Crippen LogP contribution is -2.30. The van der Waals surface area contributed by atoms with Crippen molar-refractivity contribution >= 4 is 23.6 Å². The van der Waals surface area contributed by atoms with Gasteiger partial charge in [0.2, 0.25) is 0 Å². The van der Waals surface area contributed by atoms with E-state index in [2.05, 4.69) is 5.32 Å². The van der Waals surface area contributed by atoms with Gasteiger partial charge >= 0.3 is 12.1 Å². The van der Waals surface area contributed by atoms with Crippen molar-refractivity contribution in [2.24, 2.45) is 0 Å². The van der Waals surface area contributed by atoms with Gasteiger partial charge in [-0.15, -0.1) is 11.8 Å². The Morgan fingerprint density at radius 1 is 1.11 bits per heavy atom. The highest BCUT2D eigenvalue weighted by atomic mass is 32.2. The normalized spacial score (nSPS) is 11.1. The van der Waals surface area contributed by atoms with Gasteiger partial charge in [0.15, 0.2) is 6.61 Å². The fourth-order valence-corrected chi connectivity index (χ4v) is 2.85. The first-order chi connectivity index (χ1) is 12.8. The van der Waals surface area contributed by atoms with Crippen LogP contribution in [0.1, 0.15) is 21.5 Å². The van der Waals surface area contributed by atoms with Crippen molar-refractivity contribution in [3.8, 4) is 0 Å². The van der Waals surface area contributed by atoms with Gasteiger partial charge in [-0.25, -0.2) is 4.79 Å². The number of carbonyl (C=O) groups is 2. The SMILES string of the molecule is Cc1ccc(SCCNC(=O)COC(=O)c2cccc(C(F)(F)F)c2)cc1. The van der Waals surface area contributed by atoms with Crippen LogP contribution in [0.4, 0.5) is 13.2 Å². The van der Waals surface area contributed by atoms with Crippen LogP contribution in [0.15, 0.2) is 53.4 Å². The number of rotatable bonds is 7. The zero-order chi connectivity index (χ0) is 19.9. The van der Waals surface area contributed by atoms with Gasteiger partial charge in [0.25, 0.3) is 5.91 Å². The van der Waals surface area contributed by atoms with Crippen molar-refractivity contribution in [3.05, 3.63) is 65.2 Å². The third-order valence-electron chi connectivity index (χ3n) is 3.47. The highest BCUT2D eigenvalue weighted by Crippen LogP contribution is 2.29. The molecule has 0 spiro atoms. The maximum Gasteiger partial charge on any atom is 0.416 e. The number of hydrogen-bond donors (Lipinski definition) is 1. The number of alkyl halides is 3. The van der Waals surface area contributed by atoms with E-state index in [0.717, 1.165) is 22.6 Å². The van der Waals surface area contributed by atoms with Gasteiger partial charge in [-0.1, -0.05) is 23.8 Å². The molecule has 27 heavy (non-hydrogen) atoms. The van der Waals surface area contributed by atoms with E-state index in [1.54, 1.807) is 11.8 Å². The molecule has 0 bridgehead atoms. The van der Waals surface area contributed by atoms with Crippen molar-refractivity contribution in [2.75, 3.05) is 18.9 Å². The second-order valence-corrected chi connectivity index (χ2v) is 6.83. The molecule has 0 aliphatic heterocycles. The van der Waals surface area contributed by atoms with E-state index in [0.29, 0.717) is 18.4 Å². The third kappa shape index (κ3) is 6.97. The summed E-state index contributed by atoms with van der Waals surface area (Å²) in [6.07, 6.45) is -4.55. The first-order valence-electron chi connectivity index (χ1n) is 8.06. The maximum atomic E-state index is 12.6. The number of aryl methyl sites for hydroxylation is 1. The van der Waals surface area contributed by atoms with Gasteiger partial charge in [-0.3, -0.25) is 4.79 Å². The summed E-state index contributed by atoms with van der Waals surface area (Å²) in [7, 11) is 0. The minimum Gasteiger partial charge on any atom is -0.452 e. The Bertz CT molecular complexity index is 792. The molecule has 2 aromatic carbocycles. The number of amides is 1. The summed E-state index contributed by atoms with van der Waals surface area (Å²) in [6, 6.07) is 11.8. The summed E-state index contributed by atoms with van der Waals surface area (Å²) in [5.41, 5.74) is -0.0441. The average Bonchev–Trinajstić information content (AvgIpc) is 2.64. The van der Waals surface area contributed by atoms with Crippen LogP contribution in [0.2, 0.25) is 0 Å². The molecule has 1 amide bonds. The number of hydrogen-bond acceptors (Lipinski definition) is 4. The second-order valence-electron chi connectivity index (χ2n) is 5.67. The summed E-state index contributed by atoms with van der Waals surface area (Å²) in [4.78, 5) is 24.6. The minimum atomic E-state index is -4.55. The molecular weight excluding hydrogens is 379 g/mol. The summed E-state index contributed by atoms with van der Waals surface area (Å²) in [5.74, 6) is -0.860. The number of esters is 1. The second kappa shape index (κ2) is 9.45. The van der Waals surface area contributed by atoms with Gasteiger partial charge < -0.3 is 10.1 Å². The van der Waals surface area contributed by atoms with E-state index in [4.69, 9.17) is 4.74 Å². The molecule has 4 nitrogen and oxygen atoms in total. The Labute approximate surface area is 159 Å². The Balaban J connectivity index is 1.72. The molecule has 144 valence electrons. The molecule has 0 unspecified atom stereocenters. The van der Waals surface area contributed by atoms with Gasteiger partial charge in [0.05, 0.1) is 11.1 Å². The molecule has 8 heteroatoms. The Kier molecular flexibility index (Phi) is 7.29. The molecule has 0 saturated carbocycles. The van der Waals surface area contributed by atoms with Crippen LogP contribution in [0.5, 0.6) is 0 Å². The number of thioether (sulfide) groups is 1. The van der Waals surface area contributed by atoms with Crippen LogP contribution in [0, 0.1) is 6.92 Å². The molecule has 0 aliphatic rings. The molecule has 0 aromatic heterocycles. The molecule has 0 aliphatic carbocycles. The number of carbonyl (C=O) groups excluding carboxylic acids is 2. The lowest BCUT2D eigenvalue weighted by atomic mass is 10.1. The smallest absolute Gasteiger partial charge is 0.416 e. The van der Waals surface area contributed by atoms with E-state index in [-0.39, 0.29) is 5.56 Å². The predicted molar refractivity (Wildman–Crippen MR) is 96.6 cm³/mol. The van der Waals surface area contributed by atoms with Gasteiger partial charge in [0.1, 0.15) is 0 Å². The highest BCUT2D eigenvalue weighted by Gasteiger charge is 2.31. The van der Waals surface area contributed by atoms with E-state index in [9.17, 15) is 22.8 Å². The maximum absolute atomic E-state index is 12.6. The van der Waals surface area contributed by atoms with Crippen LogP contribution in [0.25, 0.3) is 0 Å². The first kappa shape index (κ1) is 20.8. The van der Waals surface area contributed by atoms with Crippen molar-refractivity contribution in [1.82, 2.24) is 5.32 Å². The van der Waals surface area contributed by atoms with Gasteiger partial charge in [-0.05, 0) is 37.3 Å². The van der Waals surface area contributed by atoms with Crippen molar-refractivity contribution in [1.29, 1.82) is 0 Å². The molecule has 0 saturated heterocycles. The summed E-state index contributed by atoms with van der Waals surface area (Å²) in [6.45, 7) is 1.82. The highest BCUT2D eigenvalue weighted by molar-refractivity contribution is 7.99. The van der Waals surface area contributed by atoms with E-state index < -0.39 is 30.2 Å². The average molecular weight is 397 g/mol. The minimum absolute atomic E-state index is 0.257. The van der Waals surface area contributed by atoms with Gasteiger partial charge in [0, 0.05) is 17.2 Å². The Morgan fingerprint density at radius 2 is 1.81 bits per heavy atom. The molecule has 0 atom stereocenters. The van der Waals surface area contributed by atoms with Crippen LogP contribution in [0.3, 0.4) is 0 Å². The van der Waals surface area contributed by atoms with Crippen LogP contribution >= 0.6 is 11.8 Å². The molecule has 0 radical (unpaired) electrons. The Morgan fingerprint density at radius 3 is 2.48 bits per heavy atom. The van der Waals surface area contributed by atoms with E-state index in [1.807, 2.05) is 31.2 Å². The summed E-state index contributed by atoms with van der Waals surface area (Å²) in [5, 5.41) is 2.59. The molecule has 1 N–H and O–H groups in total. The number of ether oxygens (including phenoxy) is 1.